The van der Waals surface area contributed by atoms with E-state index in [9.17, 15) is 0 Å². The van der Waals surface area contributed by atoms with Gasteiger partial charge in [0.05, 0.1) is 0 Å². The topological polar surface area (TPSA) is 103 Å². The fourth-order valence-electron chi connectivity index (χ4n) is 0.382. The molecule has 0 bridgehead atoms. The maximum atomic E-state index is 7.50. The van der Waals surface area contributed by atoms with Gasteiger partial charge in [-0.1, -0.05) is 0 Å². The van der Waals surface area contributed by atoms with Gasteiger partial charge in [-0.2, -0.15) is 0 Å². The zero-order valence-electron chi connectivity index (χ0n) is 10.1. The zero-order chi connectivity index (χ0) is 16.7. The van der Waals surface area contributed by atoms with E-state index < -0.39 is 0 Å². The number of nitrogens with zero attached hydrogens (tertiary/aromatic N) is 1. The first-order chi connectivity index (χ1) is 8.55. The van der Waals surface area contributed by atoms with Crippen molar-refractivity contribution in [2.24, 2.45) is 0 Å². The molecule has 0 atom stereocenters. The number of hydrogen-bond donors (Lipinski definition) is 0. The molecule has 0 aromatic rings. The molecule has 6 nitrogen and oxygen atoms in total. The third kappa shape index (κ3) is 60.9. The van der Waals surface area contributed by atoms with E-state index in [0.717, 1.165) is 10.1 Å². The Bertz CT molecular complexity index is 251. The van der Waals surface area contributed by atoms with Crippen molar-refractivity contribution in [1.82, 2.24) is 4.90 Å². The van der Waals surface area contributed by atoms with E-state index in [1.54, 1.807) is 0 Å². The van der Waals surface area contributed by atoms with E-state index in [4.69, 9.17) is 23.3 Å². The van der Waals surface area contributed by atoms with Gasteiger partial charge in [0.15, 0.2) is 0 Å². The van der Waals surface area contributed by atoms with Crippen molar-refractivity contribution in [2.45, 2.75) is 6.92 Å². The average molecular weight is 289 g/mol. The molecule has 0 saturated heterocycles. The van der Waals surface area contributed by atoms with Crippen LogP contribution in [0.25, 0.3) is 0 Å². The normalized spacial score (nSPS) is 4.78. The van der Waals surface area contributed by atoms with Gasteiger partial charge in [-0.25, -0.2) is 0 Å². The van der Waals surface area contributed by atoms with Crippen LogP contribution in [-0.2, 0) is 39.1 Å². The molecule has 0 aliphatic heterocycles. The van der Waals surface area contributed by atoms with Gasteiger partial charge in [0.2, 0.25) is 0 Å². The third-order valence-corrected chi connectivity index (χ3v) is 1.89. The standard InChI is InChI=1S/C6H11N.5CO.Cr/c1-6(2)5-7(3)4;5*1-2;/h1H2,2-4H3;;;;;;. The SMILES string of the molecule is C=C(C)[C](=[Cr])N(C)C.[C-]#[O+].[C-]#[O+].[C-]#[O+].[C-]#[O+].[C-]#[O+]. The van der Waals surface area contributed by atoms with Gasteiger partial charge >= 0.3 is 115 Å². The summed E-state index contributed by atoms with van der Waals surface area (Å²) in [6, 6.07) is 0. The van der Waals surface area contributed by atoms with Crippen molar-refractivity contribution in [2.75, 3.05) is 14.1 Å². The van der Waals surface area contributed by atoms with E-state index in [1.165, 1.54) is 0 Å². The van der Waals surface area contributed by atoms with Crippen LogP contribution in [0.3, 0.4) is 0 Å². The van der Waals surface area contributed by atoms with Crippen LogP contribution in [-0.4, -0.2) is 23.5 Å². The third-order valence-electron chi connectivity index (χ3n) is 0.771. The molecule has 0 N–H and O–H groups in total. The predicted octanol–water partition coefficient (Wildman–Crippen LogP) is 0.613. The molecule has 0 spiro atoms. The van der Waals surface area contributed by atoms with Crippen molar-refractivity contribution in [3.8, 4) is 0 Å². The molecular weight excluding hydrogens is 278 g/mol. The van der Waals surface area contributed by atoms with Crippen LogP contribution < -0.4 is 0 Å². The van der Waals surface area contributed by atoms with E-state index in [0.29, 0.717) is 0 Å². The molecular formula is C11H11CrNO5. The van der Waals surface area contributed by atoms with Crippen LogP contribution in [0.1, 0.15) is 6.92 Å². The van der Waals surface area contributed by atoms with Crippen LogP contribution in [0.5, 0.6) is 0 Å². The summed E-state index contributed by atoms with van der Waals surface area (Å²) >= 11 is 2.92. The molecule has 0 radical (unpaired) electrons. The molecule has 0 aliphatic rings. The van der Waals surface area contributed by atoms with E-state index in [1.807, 2.05) is 25.9 Å². The first-order valence-electron chi connectivity index (χ1n) is 3.45. The fourth-order valence-corrected chi connectivity index (χ4v) is 0.382. The average Bonchev–Trinajstić information content (AvgIpc) is 2.48. The molecule has 0 unspecified atom stereocenters. The molecule has 0 aromatic carbocycles. The second-order valence-corrected chi connectivity index (χ2v) is 2.58. The minimum absolute atomic E-state index is 1.08. The van der Waals surface area contributed by atoms with Crippen LogP contribution >= 0.6 is 0 Å². The second kappa shape index (κ2) is 56.9. The molecule has 96 valence electrons. The minimum atomic E-state index is 1.08. The number of likely N-dealkylation sites (N-methyl/N-ethyl adjacent to an activating group) is 1. The summed E-state index contributed by atoms with van der Waals surface area (Å²) in [6.45, 7) is 28.2. The summed E-state index contributed by atoms with van der Waals surface area (Å²) in [5.74, 6) is 0. The Hall–Kier alpha value is -1.20. The molecule has 18 heavy (non-hydrogen) atoms. The van der Waals surface area contributed by atoms with Gasteiger partial charge in [-0.05, 0) is 0 Å². The van der Waals surface area contributed by atoms with Gasteiger partial charge in [0.1, 0.15) is 0 Å². The summed E-state index contributed by atoms with van der Waals surface area (Å²) in [5.41, 5.74) is 1.08. The van der Waals surface area contributed by atoms with Crippen molar-refractivity contribution >= 4 is 4.50 Å². The van der Waals surface area contributed by atoms with Crippen LogP contribution in [0.4, 0.5) is 0 Å². The van der Waals surface area contributed by atoms with E-state index >= 15 is 0 Å². The zero-order valence-corrected chi connectivity index (χ0v) is 11.4. The molecule has 0 heterocycles. The van der Waals surface area contributed by atoms with Crippen molar-refractivity contribution < 1.29 is 39.1 Å². The molecule has 0 aromatic heterocycles. The Morgan fingerprint density at radius 3 is 1.00 bits per heavy atom. The van der Waals surface area contributed by atoms with Crippen molar-refractivity contribution in [3.63, 3.8) is 0 Å². The molecule has 0 rings (SSSR count). The van der Waals surface area contributed by atoms with Gasteiger partial charge in [-0.3, -0.25) is 0 Å². The summed E-state index contributed by atoms with van der Waals surface area (Å²) in [5, 5.41) is 0. The van der Waals surface area contributed by atoms with Crippen LogP contribution in [0, 0.1) is 33.3 Å². The van der Waals surface area contributed by atoms with Gasteiger partial charge in [0.25, 0.3) is 0 Å². The fraction of sp³-hybridized carbons (Fsp3) is 0.273. The number of hydrogen-bond acceptors (Lipinski definition) is 1. The first-order valence-corrected chi connectivity index (χ1v) is 4.08. The summed E-state index contributed by atoms with van der Waals surface area (Å²) in [6.07, 6.45) is 0. The quantitative estimate of drug-likeness (QED) is 0.539. The molecule has 0 saturated carbocycles. The Kier molecular flexibility index (Phi) is 114. The molecule has 0 fully saturated rings. The predicted molar refractivity (Wildman–Crippen MR) is 53.2 cm³/mol. The number of rotatable bonds is 2. The van der Waals surface area contributed by atoms with Crippen LogP contribution in [0.2, 0.25) is 0 Å². The van der Waals surface area contributed by atoms with Gasteiger partial charge in [0, 0.05) is 0 Å². The Labute approximate surface area is 115 Å². The van der Waals surface area contributed by atoms with E-state index in [2.05, 4.69) is 55.7 Å². The second-order valence-electron chi connectivity index (χ2n) is 1.98. The summed E-state index contributed by atoms with van der Waals surface area (Å²) in [4.78, 5) is 2.00. The Morgan fingerprint density at radius 1 is 0.833 bits per heavy atom. The summed E-state index contributed by atoms with van der Waals surface area (Å²) < 4.78 is 38.6. The van der Waals surface area contributed by atoms with Crippen molar-refractivity contribution in [1.29, 1.82) is 0 Å². The van der Waals surface area contributed by atoms with Crippen molar-refractivity contribution in [3.05, 3.63) is 45.4 Å². The van der Waals surface area contributed by atoms with Gasteiger partial charge in [-0.15, -0.1) is 0 Å². The molecule has 0 amide bonds. The van der Waals surface area contributed by atoms with E-state index in [-0.39, 0.29) is 0 Å². The Balaban J connectivity index is -0.0000000304. The monoisotopic (exact) mass is 289 g/mol. The molecule has 0 aliphatic carbocycles. The molecule has 7 heteroatoms. The summed E-state index contributed by atoms with van der Waals surface area (Å²) in [7, 11) is 3.97. The first kappa shape index (κ1) is 36.0. The maximum absolute atomic E-state index is 7.50. The Morgan fingerprint density at radius 2 is 1.00 bits per heavy atom. The van der Waals surface area contributed by atoms with Gasteiger partial charge < -0.3 is 0 Å². The van der Waals surface area contributed by atoms with Crippen LogP contribution in [0.15, 0.2) is 12.2 Å².